The first-order valence-corrected chi connectivity index (χ1v) is 9.62. The van der Waals surface area contributed by atoms with E-state index in [1.807, 2.05) is 29.6 Å². The van der Waals surface area contributed by atoms with Gasteiger partial charge in [0.05, 0.1) is 14.2 Å². The van der Waals surface area contributed by atoms with E-state index in [0.29, 0.717) is 27.4 Å². The average Bonchev–Trinajstić information content (AvgIpc) is 3.11. The van der Waals surface area contributed by atoms with Crippen LogP contribution >= 0.6 is 27.3 Å². The van der Waals surface area contributed by atoms with Gasteiger partial charge in [0.15, 0.2) is 0 Å². The maximum atomic E-state index is 12.6. The molecule has 27 heavy (non-hydrogen) atoms. The highest BCUT2D eigenvalue weighted by molar-refractivity contribution is 9.10. The Morgan fingerprint density at radius 1 is 1.00 bits per heavy atom. The second-order valence-electron chi connectivity index (χ2n) is 5.53. The first kappa shape index (κ1) is 19.1. The topological polar surface area (TPSA) is 64.6 Å². The van der Waals surface area contributed by atoms with E-state index in [9.17, 15) is 9.59 Å². The molecule has 1 heterocycles. The minimum absolute atomic E-state index is 0.313. The maximum Gasteiger partial charge on any atom is 0.341 e. The molecule has 5 nitrogen and oxygen atoms in total. The molecule has 0 radical (unpaired) electrons. The zero-order valence-corrected chi connectivity index (χ0v) is 17.0. The maximum absolute atomic E-state index is 12.6. The molecular weight excluding hydrogens is 430 g/mol. The van der Waals surface area contributed by atoms with E-state index in [1.165, 1.54) is 18.4 Å². The second-order valence-corrected chi connectivity index (χ2v) is 7.33. The summed E-state index contributed by atoms with van der Waals surface area (Å²) in [5.74, 6) is -0.151. The minimum Gasteiger partial charge on any atom is -0.497 e. The number of hydrogen-bond acceptors (Lipinski definition) is 5. The van der Waals surface area contributed by atoms with Crippen LogP contribution in [0.25, 0.3) is 11.1 Å². The molecule has 2 aromatic carbocycles. The summed E-state index contributed by atoms with van der Waals surface area (Å²) in [7, 11) is 2.88. The van der Waals surface area contributed by atoms with Crippen molar-refractivity contribution in [3.8, 4) is 16.9 Å². The number of halogens is 1. The molecule has 0 saturated carbocycles. The Balaban J connectivity index is 1.93. The minimum atomic E-state index is -0.501. The van der Waals surface area contributed by atoms with Crippen LogP contribution in [0.5, 0.6) is 5.75 Å². The number of thiophene rings is 1. The first-order chi connectivity index (χ1) is 13.0. The molecule has 0 spiro atoms. The lowest BCUT2D eigenvalue weighted by atomic mass is 10.0. The van der Waals surface area contributed by atoms with Crippen molar-refractivity contribution in [1.29, 1.82) is 0 Å². The predicted octanol–water partition coefficient (Wildman–Crippen LogP) is 5.23. The van der Waals surface area contributed by atoms with Gasteiger partial charge in [-0.3, -0.25) is 4.79 Å². The number of hydrogen-bond donors (Lipinski definition) is 1. The van der Waals surface area contributed by atoms with Crippen molar-refractivity contribution in [3.05, 3.63) is 69.5 Å². The standard InChI is InChI=1S/C20H16BrNO4S/c1-25-15-9-5-13(6-10-15)18(23)22-19-17(20(24)26-2)16(11-27-19)12-3-7-14(21)8-4-12/h3-11H,1-2H3,(H,22,23). The SMILES string of the molecule is COC(=O)c1c(-c2ccc(Br)cc2)csc1NC(=O)c1ccc(OC)cc1. The molecule has 3 aromatic rings. The van der Waals surface area contributed by atoms with E-state index in [2.05, 4.69) is 21.2 Å². The van der Waals surface area contributed by atoms with Crippen molar-refractivity contribution in [2.45, 2.75) is 0 Å². The highest BCUT2D eigenvalue weighted by Crippen LogP contribution is 2.36. The first-order valence-electron chi connectivity index (χ1n) is 7.94. The van der Waals surface area contributed by atoms with E-state index in [1.54, 1.807) is 31.4 Å². The van der Waals surface area contributed by atoms with Gasteiger partial charge in [0, 0.05) is 21.0 Å². The van der Waals surface area contributed by atoms with Crippen molar-refractivity contribution in [3.63, 3.8) is 0 Å². The Morgan fingerprint density at radius 3 is 2.26 bits per heavy atom. The molecule has 0 atom stereocenters. The van der Waals surface area contributed by atoms with Crippen LogP contribution in [-0.2, 0) is 4.74 Å². The molecule has 0 aliphatic rings. The lowest BCUT2D eigenvalue weighted by Gasteiger charge is -2.08. The van der Waals surface area contributed by atoms with Crippen LogP contribution in [0.15, 0.2) is 58.4 Å². The Hall–Kier alpha value is -2.64. The van der Waals surface area contributed by atoms with Crippen molar-refractivity contribution in [2.24, 2.45) is 0 Å². The number of carbonyl (C=O) groups is 2. The zero-order valence-electron chi connectivity index (χ0n) is 14.6. The normalized spacial score (nSPS) is 10.3. The van der Waals surface area contributed by atoms with E-state index < -0.39 is 5.97 Å². The molecule has 0 bridgehead atoms. The third kappa shape index (κ3) is 4.20. The summed E-state index contributed by atoms with van der Waals surface area (Å²) in [6, 6.07) is 14.3. The fourth-order valence-electron chi connectivity index (χ4n) is 2.51. The van der Waals surface area contributed by atoms with Crippen molar-refractivity contribution in [2.75, 3.05) is 19.5 Å². The Kier molecular flexibility index (Phi) is 5.93. The van der Waals surface area contributed by atoms with Crippen LogP contribution in [0.2, 0.25) is 0 Å². The smallest absolute Gasteiger partial charge is 0.341 e. The van der Waals surface area contributed by atoms with E-state index >= 15 is 0 Å². The summed E-state index contributed by atoms with van der Waals surface area (Å²) in [6.45, 7) is 0. The van der Waals surface area contributed by atoms with Gasteiger partial charge in [-0.25, -0.2) is 4.79 Å². The van der Waals surface area contributed by atoms with Gasteiger partial charge in [0.1, 0.15) is 16.3 Å². The number of benzene rings is 2. The van der Waals surface area contributed by atoms with Gasteiger partial charge in [-0.15, -0.1) is 11.3 Å². The molecule has 0 aliphatic carbocycles. The molecule has 138 valence electrons. The monoisotopic (exact) mass is 445 g/mol. The number of anilines is 1. The summed E-state index contributed by atoms with van der Waals surface area (Å²) in [4.78, 5) is 24.9. The summed E-state index contributed by atoms with van der Waals surface area (Å²) in [6.07, 6.45) is 0. The van der Waals surface area contributed by atoms with Gasteiger partial charge in [-0.1, -0.05) is 28.1 Å². The van der Waals surface area contributed by atoms with Gasteiger partial charge in [-0.05, 0) is 42.0 Å². The van der Waals surface area contributed by atoms with Gasteiger partial charge < -0.3 is 14.8 Å². The molecule has 0 fully saturated rings. The Bertz CT molecular complexity index is 965. The van der Waals surface area contributed by atoms with Crippen LogP contribution in [-0.4, -0.2) is 26.1 Å². The van der Waals surface area contributed by atoms with Crippen LogP contribution < -0.4 is 10.1 Å². The largest absolute Gasteiger partial charge is 0.497 e. The molecular formula is C20H16BrNO4S. The highest BCUT2D eigenvalue weighted by Gasteiger charge is 2.22. The Morgan fingerprint density at radius 2 is 1.67 bits per heavy atom. The number of nitrogens with one attached hydrogen (secondary N) is 1. The van der Waals surface area contributed by atoms with Crippen molar-refractivity contribution < 1.29 is 19.1 Å². The second kappa shape index (κ2) is 8.37. The third-order valence-electron chi connectivity index (χ3n) is 3.92. The highest BCUT2D eigenvalue weighted by atomic mass is 79.9. The molecule has 1 amide bonds. The number of carbonyl (C=O) groups excluding carboxylic acids is 2. The third-order valence-corrected chi connectivity index (χ3v) is 5.34. The molecule has 1 N–H and O–H groups in total. The molecule has 3 rings (SSSR count). The molecule has 1 aromatic heterocycles. The number of methoxy groups -OCH3 is 2. The zero-order chi connectivity index (χ0) is 19.4. The van der Waals surface area contributed by atoms with Crippen LogP contribution in [0.3, 0.4) is 0 Å². The number of ether oxygens (including phenoxy) is 2. The number of rotatable bonds is 5. The summed E-state index contributed by atoms with van der Waals surface area (Å²) < 4.78 is 11.0. The van der Waals surface area contributed by atoms with Crippen molar-refractivity contribution >= 4 is 44.1 Å². The fraction of sp³-hybridized carbons (Fsp3) is 0.100. The average molecular weight is 446 g/mol. The van der Waals surface area contributed by atoms with Crippen LogP contribution in [0.1, 0.15) is 20.7 Å². The number of esters is 1. The summed E-state index contributed by atoms with van der Waals surface area (Å²) in [5, 5.41) is 5.09. The van der Waals surface area contributed by atoms with Gasteiger partial charge in [0.2, 0.25) is 0 Å². The summed E-state index contributed by atoms with van der Waals surface area (Å²) in [5.41, 5.74) is 2.38. The molecule has 0 unspecified atom stereocenters. The lowest BCUT2D eigenvalue weighted by molar-refractivity contribution is 0.0603. The van der Waals surface area contributed by atoms with E-state index in [-0.39, 0.29) is 5.91 Å². The lowest BCUT2D eigenvalue weighted by Crippen LogP contribution is -2.14. The van der Waals surface area contributed by atoms with Gasteiger partial charge in [-0.2, -0.15) is 0 Å². The fourth-order valence-corrected chi connectivity index (χ4v) is 3.73. The van der Waals surface area contributed by atoms with Crippen LogP contribution in [0.4, 0.5) is 5.00 Å². The van der Waals surface area contributed by atoms with Gasteiger partial charge in [0.25, 0.3) is 5.91 Å². The quantitative estimate of drug-likeness (QED) is 0.546. The molecule has 7 heteroatoms. The summed E-state index contributed by atoms with van der Waals surface area (Å²) >= 11 is 4.68. The van der Waals surface area contributed by atoms with Gasteiger partial charge >= 0.3 is 5.97 Å². The predicted molar refractivity (Wildman–Crippen MR) is 110 cm³/mol. The Labute approximate surface area is 169 Å². The number of amides is 1. The van der Waals surface area contributed by atoms with E-state index in [0.717, 1.165) is 10.0 Å². The van der Waals surface area contributed by atoms with E-state index in [4.69, 9.17) is 9.47 Å². The molecule has 0 saturated heterocycles. The van der Waals surface area contributed by atoms with Crippen LogP contribution in [0, 0.1) is 0 Å². The molecule has 0 aliphatic heterocycles. The van der Waals surface area contributed by atoms with Crippen molar-refractivity contribution in [1.82, 2.24) is 0 Å².